The molecule has 2 aromatic rings. The molecule has 2 fully saturated rings. The van der Waals surface area contributed by atoms with Crippen LogP contribution in [0.1, 0.15) is 32.3 Å². The van der Waals surface area contributed by atoms with Gasteiger partial charge in [0.15, 0.2) is 0 Å². The molecule has 4 rings (SSSR count). The van der Waals surface area contributed by atoms with Crippen molar-refractivity contribution in [1.82, 2.24) is 10.2 Å². The van der Waals surface area contributed by atoms with Crippen LogP contribution in [0.3, 0.4) is 0 Å². The molecular weight excluding hydrogens is 364 g/mol. The van der Waals surface area contributed by atoms with Crippen molar-refractivity contribution in [1.29, 1.82) is 0 Å². The number of β-amino-alcohol motifs (C(OH)–C–C–N with tert-alkyl or cyclic N) is 1. The van der Waals surface area contributed by atoms with E-state index in [1.165, 1.54) is 0 Å². The van der Waals surface area contributed by atoms with Gasteiger partial charge in [-0.05, 0) is 29.0 Å². The third-order valence-electron chi connectivity index (χ3n) is 6.04. The van der Waals surface area contributed by atoms with E-state index in [0.717, 1.165) is 16.7 Å². The highest BCUT2D eigenvalue weighted by atomic mass is 16.3. The Morgan fingerprint density at radius 3 is 2.38 bits per heavy atom. The lowest BCUT2D eigenvalue weighted by Crippen LogP contribution is -2.69. The molecule has 2 aliphatic rings. The molecule has 2 saturated heterocycles. The molecule has 2 aromatic carbocycles. The van der Waals surface area contributed by atoms with Crippen LogP contribution >= 0.6 is 0 Å². The number of aliphatic hydroxyl groups is 1. The van der Waals surface area contributed by atoms with E-state index in [1.807, 2.05) is 56.3 Å². The molecular formula is C24H28N2O3. The summed E-state index contributed by atoms with van der Waals surface area (Å²) in [5, 5.41) is 13.3. The van der Waals surface area contributed by atoms with Crippen molar-refractivity contribution in [3.63, 3.8) is 0 Å². The molecule has 2 aliphatic heterocycles. The highest BCUT2D eigenvalue weighted by Crippen LogP contribution is 2.37. The molecule has 2 unspecified atom stereocenters. The Bertz CT molecular complexity index is 894. The van der Waals surface area contributed by atoms with Crippen molar-refractivity contribution >= 4 is 11.8 Å². The van der Waals surface area contributed by atoms with E-state index in [2.05, 4.69) is 17.4 Å². The lowest BCUT2D eigenvalue weighted by Gasteiger charge is -2.44. The summed E-state index contributed by atoms with van der Waals surface area (Å²) in [5.41, 5.74) is 2.22. The zero-order valence-electron chi connectivity index (χ0n) is 17.0. The maximum absolute atomic E-state index is 13.2. The number of fused-ring (bicyclic) bond motifs is 1. The first-order valence-electron chi connectivity index (χ1n) is 10.3. The fourth-order valence-corrected chi connectivity index (χ4v) is 4.67. The zero-order chi connectivity index (χ0) is 20.6. The third kappa shape index (κ3) is 3.67. The summed E-state index contributed by atoms with van der Waals surface area (Å²) >= 11 is 0. The second-order valence-corrected chi connectivity index (χ2v) is 8.73. The normalized spacial score (nSPS) is 26.6. The van der Waals surface area contributed by atoms with Gasteiger partial charge in [-0.1, -0.05) is 68.4 Å². The van der Waals surface area contributed by atoms with Crippen molar-refractivity contribution in [2.24, 2.45) is 5.92 Å². The van der Waals surface area contributed by atoms with Gasteiger partial charge in [-0.25, -0.2) is 0 Å². The maximum Gasteiger partial charge on any atom is 0.247 e. The zero-order valence-corrected chi connectivity index (χ0v) is 17.0. The molecule has 2 heterocycles. The van der Waals surface area contributed by atoms with Gasteiger partial charge in [0.25, 0.3) is 0 Å². The lowest BCUT2D eigenvalue weighted by molar-refractivity contribution is -0.154. The predicted octanol–water partition coefficient (Wildman–Crippen LogP) is 2.77. The summed E-state index contributed by atoms with van der Waals surface area (Å²) < 4.78 is 0. The van der Waals surface area contributed by atoms with Crippen LogP contribution in [0, 0.1) is 5.92 Å². The quantitative estimate of drug-likeness (QED) is 0.822. The Morgan fingerprint density at radius 2 is 1.72 bits per heavy atom. The maximum atomic E-state index is 13.2. The number of hydrogen-bond donors (Lipinski definition) is 2. The number of nitrogens with zero attached hydrogens (tertiary/aromatic N) is 1. The van der Waals surface area contributed by atoms with Gasteiger partial charge in [0, 0.05) is 19.4 Å². The van der Waals surface area contributed by atoms with Gasteiger partial charge in [0.1, 0.15) is 11.6 Å². The number of amides is 2. The van der Waals surface area contributed by atoms with Crippen molar-refractivity contribution in [2.75, 3.05) is 6.54 Å². The van der Waals surface area contributed by atoms with Gasteiger partial charge in [0.05, 0.1) is 6.10 Å². The number of hydrogen-bond acceptors (Lipinski definition) is 3. The average Bonchev–Trinajstić information content (AvgIpc) is 3.05. The molecule has 5 heteroatoms. The summed E-state index contributed by atoms with van der Waals surface area (Å²) in [6.45, 7) is 4.30. The molecule has 152 valence electrons. The highest BCUT2D eigenvalue weighted by Gasteiger charge is 2.57. The monoisotopic (exact) mass is 392 g/mol. The van der Waals surface area contributed by atoms with Gasteiger partial charge in [-0.2, -0.15) is 0 Å². The standard InChI is InChI=1S/C24H28N2O3/c1-16(2)12-21-22(28)26-15-20(27)14-24(26,23(29)25-21)13-17-8-10-19(11-9-17)18-6-4-3-5-7-18/h3-11,16,20-21,27H,12-15H2,1-2H3,(H,25,29)/t20-,21?,24?/m1/s1. The first-order chi connectivity index (χ1) is 13.9. The molecule has 5 nitrogen and oxygen atoms in total. The van der Waals surface area contributed by atoms with Gasteiger partial charge in [-0.15, -0.1) is 0 Å². The molecule has 0 radical (unpaired) electrons. The van der Waals surface area contributed by atoms with Crippen LogP contribution in [-0.2, 0) is 16.0 Å². The van der Waals surface area contributed by atoms with E-state index >= 15 is 0 Å². The number of carbonyl (C=O) groups is 2. The van der Waals surface area contributed by atoms with Crippen LogP contribution in [0.4, 0.5) is 0 Å². The third-order valence-corrected chi connectivity index (χ3v) is 6.04. The Hall–Kier alpha value is -2.66. The second kappa shape index (κ2) is 7.64. The average molecular weight is 392 g/mol. The predicted molar refractivity (Wildman–Crippen MR) is 112 cm³/mol. The molecule has 0 aromatic heterocycles. The van der Waals surface area contributed by atoms with Crippen molar-refractivity contribution < 1.29 is 14.7 Å². The minimum Gasteiger partial charge on any atom is -0.391 e. The fraction of sp³-hybridized carbons (Fsp3) is 0.417. The fourth-order valence-electron chi connectivity index (χ4n) is 4.67. The van der Waals surface area contributed by atoms with Gasteiger partial charge >= 0.3 is 0 Å². The van der Waals surface area contributed by atoms with Gasteiger partial charge < -0.3 is 15.3 Å². The molecule has 0 aliphatic carbocycles. The smallest absolute Gasteiger partial charge is 0.247 e. The Morgan fingerprint density at radius 1 is 1.07 bits per heavy atom. The number of aliphatic hydroxyl groups excluding tert-OH is 1. The van der Waals surface area contributed by atoms with E-state index in [1.54, 1.807) is 4.90 Å². The van der Waals surface area contributed by atoms with Crippen LogP contribution in [0.15, 0.2) is 54.6 Å². The number of rotatable bonds is 5. The van der Waals surface area contributed by atoms with Crippen molar-refractivity contribution in [3.05, 3.63) is 60.2 Å². The second-order valence-electron chi connectivity index (χ2n) is 8.73. The summed E-state index contributed by atoms with van der Waals surface area (Å²) in [6.07, 6.45) is 0.620. The molecule has 2 N–H and O–H groups in total. The minimum atomic E-state index is -1.00. The van der Waals surface area contributed by atoms with E-state index in [9.17, 15) is 14.7 Å². The summed E-state index contributed by atoms with van der Waals surface area (Å²) in [5.74, 6) is 0.0806. The number of nitrogens with one attached hydrogen (secondary N) is 1. The molecule has 29 heavy (non-hydrogen) atoms. The summed E-state index contributed by atoms with van der Waals surface area (Å²) in [4.78, 5) is 27.9. The van der Waals surface area contributed by atoms with E-state index in [0.29, 0.717) is 18.8 Å². The lowest BCUT2D eigenvalue weighted by atomic mass is 9.83. The van der Waals surface area contributed by atoms with Crippen LogP contribution < -0.4 is 5.32 Å². The van der Waals surface area contributed by atoms with E-state index in [-0.39, 0.29) is 24.8 Å². The van der Waals surface area contributed by atoms with Crippen LogP contribution in [0.2, 0.25) is 0 Å². The van der Waals surface area contributed by atoms with Crippen molar-refractivity contribution in [3.8, 4) is 11.1 Å². The largest absolute Gasteiger partial charge is 0.391 e. The molecule has 0 saturated carbocycles. The van der Waals surface area contributed by atoms with E-state index < -0.39 is 17.7 Å². The van der Waals surface area contributed by atoms with Gasteiger partial charge in [-0.3, -0.25) is 9.59 Å². The summed E-state index contributed by atoms with van der Waals surface area (Å²) in [6, 6.07) is 17.7. The highest BCUT2D eigenvalue weighted by molar-refractivity contribution is 6.00. The Labute approximate surface area is 171 Å². The number of piperazine rings is 1. The van der Waals surface area contributed by atoms with Gasteiger partial charge in [0.2, 0.25) is 11.8 Å². The Kier molecular flexibility index (Phi) is 5.17. The minimum absolute atomic E-state index is 0.0734. The first kappa shape index (κ1) is 19.6. The molecule has 0 bridgehead atoms. The number of benzene rings is 2. The molecule has 3 atom stereocenters. The van der Waals surface area contributed by atoms with Crippen LogP contribution in [-0.4, -0.2) is 46.1 Å². The summed E-state index contributed by atoms with van der Waals surface area (Å²) in [7, 11) is 0. The van der Waals surface area contributed by atoms with E-state index in [4.69, 9.17) is 0 Å². The molecule has 2 amide bonds. The molecule has 0 spiro atoms. The van der Waals surface area contributed by atoms with Crippen LogP contribution in [0.25, 0.3) is 11.1 Å². The van der Waals surface area contributed by atoms with Crippen LogP contribution in [0.5, 0.6) is 0 Å². The number of carbonyl (C=O) groups excluding carboxylic acids is 2. The Balaban J connectivity index is 1.59. The van der Waals surface area contributed by atoms with Crippen molar-refractivity contribution in [2.45, 2.75) is 50.8 Å². The topological polar surface area (TPSA) is 69.6 Å². The first-order valence-corrected chi connectivity index (χ1v) is 10.3. The SMILES string of the molecule is CC(C)CC1NC(=O)C2(Cc3ccc(-c4ccccc4)cc3)C[C@@H](O)CN2C1=O.